The summed E-state index contributed by atoms with van der Waals surface area (Å²) in [6, 6.07) is 5.50. The molecule has 0 saturated carbocycles. The maximum absolute atomic E-state index is 11.7. The molecule has 0 aliphatic heterocycles. The van der Waals surface area contributed by atoms with Crippen molar-refractivity contribution in [2.75, 3.05) is 5.73 Å². The van der Waals surface area contributed by atoms with Crippen molar-refractivity contribution in [1.82, 2.24) is 0 Å². The molecule has 0 aliphatic rings. The van der Waals surface area contributed by atoms with Crippen LogP contribution in [0, 0.1) is 18.8 Å². The van der Waals surface area contributed by atoms with Gasteiger partial charge in [0, 0.05) is 24.1 Å². The Kier molecular flexibility index (Phi) is 3.93. The Morgan fingerprint density at radius 3 is 2.87 bits per heavy atom. The molecule has 0 aliphatic carbocycles. The summed E-state index contributed by atoms with van der Waals surface area (Å²) in [6.07, 6.45) is 1.04. The SMILES string of the molecule is CC#CCCC(=O)c1cc(C)ccc1N. The molecule has 0 bridgehead atoms. The molecule has 2 N–H and O–H groups in total. The van der Waals surface area contributed by atoms with Gasteiger partial charge in [0.05, 0.1) is 0 Å². The number of ketones is 1. The number of hydrogen-bond acceptors (Lipinski definition) is 2. The molecular formula is C13H15NO. The first-order chi connectivity index (χ1) is 7.15. The highest BCUT2D eigenvalue weighted by Crippen LogP contribution is 2.16. The van der Waals surface area contributed by atoms with Gasteiger partial charge in [-0.2, -0.15) is 0 Å². The lowest BCUT2D eigenvalue weighted by atomic mass is 10.0. The second kappa shape index (κ2) is 5.21. The molecule has 78 valence electrons. The van der Waals surface area contributed by atoms with Gasteiger partial charge >= 0.3 is 0 Å². The fourth-order valence-corrected chi connectivity index (χ4v) is 1.35. The predicted octanol–water partition coefficient (Wildman–Crippen LogP) is 2.56. The van der Waals surface area contributed by atoms with E-state index in [1.165, 1.54) is 0 Å². The van der Waals surface area contributed by atoms with Crippen LogP contribution in [0.15, 0.2) is 18.2 Å². The molecule has 2 nitrogen and oxygen atoms in total. The van der Waals surface area contributed by atoms with Crippen LogP contribution in [-0.2, 0) is 0 Å². The first-order valence-corrected chi connectivity index (χ1v) is 4.94. The Balaban J connectivity index is 2.80. The van der Waals surface area contributed by atoms with Crippen LogP contribution in [0.3, 0.4) is 0 Å². The fraction of sp³-hybridized carbons (Fsp3) is 0.308. The standard InChI is InChI=1S/C13H15NO/c1-3-4-5-6-13(15)11-9-10(2)7-8-12(11)14/h7-9H,5-6,14H2,1-2H3. The Morgan fingerprint density at radius 2 is 2.20 bits per heavy atom. The number of Topliss-reactive ketones (excluding diaryl/α,β-unsaturated/α-hetero) is 1. The minimum atomic E-state index is 0.0685. The number of nitrogen functional groups attached to an aromatic ring is 1. The summed E-state index contributed by atoms with van der Waals surface area (Å²) in [5.41, 5.74) is 7.96. The van der Waals surface area contributed by atoms with Crippen molar-refractivity contribution in [3.05, 3.63) is 29.3 Å². The van der Waals surface area contributed by atoms with E-state index in [0.717, 1.165) is 5.56 Å². The molecule has 15 heavy (non-hydrogen) atoms. The summed E-state index contributed by atoms with van der Waals surface area (Å²) in [5, 5.41) is 0. The largest absolute Gasteiger partial charge is 0.398 e. The van der Waals surface area contributed by atoms with Gasteiger partial charge < -0.3 is 5.73 Å². The second-order valence-corrected chi connectivity index (χ2v) is 3.44. The van der Waals surface area contributed by atoms with Gasteiger partial charge in [-0.15, -0.1) is 11.8 Å². The van der Waals surface area contributed by atoms with Crippen molar-refractivity contribution >= 4 is 11.5 Å². The fourth-order valence-electron chi connectivity index (χ4n) is 1.35. The van der Waals surface area contributed by atoms with Gasteiger partial charge in [-0.1, -0.05) is 11.6 Å². The third-order valence-electron chi connectivity index (χ3n) is 2.16. The van der Waals surface area contributed by atoms with E-state index in [0.29, 0.717) is 24.1 Å². The molecule has 0 saturated heterocycles. The first kappa shape index (κ1) is 11.3. The molecular weight excluding hydrogens is 186 g/mol. The molecule has 0 radical (unpaired) electrons. The molecule has 0 aromatic heterocycles. The van der Waals surface area contributed by atoms with Crippen molar-refractivity contribution < 1.29 is 4.79 Å². The van der Waals surface area contributed by atoms with Gasteiger partial charge in [-0.05, 0) is 26.0 Å². The molecule has 2 heteroatoms. The summed E-state index contributed by atoms with van der Waals surface area (Å²) in [5.74, 6) is 5.71. The molecule has 0 fully saturated rings. The Hall–Kier alpha value is -1.75. The van der Waals surface area contributed by atoms with Gasteiger partial charge in [0.2, 0.25) is 0 Å². The molecule has 1 rings (SSSR count). The maximum atomic E-state index is 11.7. The van der Waals surface area contributed by atoms with E-state index in [2.05, 4.69) is 11.8 Å². The van der Waals surface area contributed by atoms with E-state index in [4.69, 9.17) is 5.73 Å². The lowest BCUT2D eigenvalue weighted by Gasteiger charge is -2.04. The number of carbonyl (C=O) groups excluding carboxylic acids is 1. The van der Waals surface area contributed by atoms with Crippen molar-refractivity contribution in [3.63, 3.8) is 0 Å². The molecule has 0 atom stereocenters. The summed E-state index contributed by atoms with van der Waals surface area (Å²) in [7, 11) is 0. The minimum Gasteiger partial charge on any atom is -0.398 e. The van der Waals surface area contributed by atoms with Gasteiger partial charge in [0.15, 0.2) is 5.78 Å². The van der Waals surface area contributed by atoms with Crippen LogP contribution in [0.25, 0.3) is 0 Å². The van der Waals surface area contributed by atoms with E-state index in [1.54, 1.807) is 13.0 Å². The van der Waals surface area contributed by atoms with Crippen LogP contribution < -0.4 is 5.73 Å². The van der Waals surface area contributed by atoms with Gasteiger partial charge in [0.1, 0.15) is 0 Å². The van der Waals surface area contributed by atoms with Crippen molar-refractivity contribution in [1.29, 1.82) is 0 Å². The van der Waals surface area contributed by atoms with E-state index in [1.807, 2.05) is 19.1 Å². The van der Waals surface area contributed by atoms with Gasteiger partial charge in [0.25, 0.3) is 0 Å². The molecule has 0 amide bonds. The monoisotopic (exact) mass is 201 g/mol. The Morgan fingerprint density at radius 1 is 1.47 bits per heavy atom. The lowest BCUT2D eigenvalue weighted by molar-refractivity contribution is 0.0985. The topological polar surface area (TPSA) is 43.1 Å². The van der Waals surface area contributed by atoms with Crippen LogP contribution in [0.2, 0.25) is 0 Å². The summed E-state index contributed by atoms with van der Waals surface area (Å²) >= 11 is 0. The van der Waals surface area contributed by atoms with Crippen LogP contribution in [-0.4, -0.2) is 5.78 Å². The van der Waals surface area contributed by atoms with E-state index >= 15 is 0 Å². The highest BCUT2D eigenvalue weighted by Gasteiger charge is 2.08. The van der Waals surface area contributed by atoms with Crippen LogP contribution in [0.1, 0.15) is 35.7 Å². The summed E-state index contributed by atoms with van der Waals surface area (Å²) < 4.78 is 0. The molecule has 0 unspecified atom stereocenters. The average Bonchev–Trinajstić information content (AvgIpc) is 2.22. The molecule has 1 aromatic rings. The van der Waals surface area contributed by atoms with Crippen LogP contribution in [0.5, 0.6) is 0 Å². The van der Waals surface area contributed by atoms with E-state index in [9.17, 15) is 4.79 Å². The van der Waals surface area contributed by atoms with Gasteiger partial charge in [-0.25, -0.2) is 0 Å². The zero-order valence-corrected chi connectivity index (χ0v) is 9.13. The number of anilines is 1. The lowest BCUT2D eigenvalue weighted by Crippen LogP contribution is -2.03. The van der Waals surface area contributed by atoms with E-state index < -0.39 is 0 Å². The van der Waals surface area contributed by atoms with Crippen molar-refractivity contribution in [2.24, 2.45) is 0 Å². The number of rotatable bonds is 3. The quantitative estimate of drug-likeness (QED) is 0.464. The molecule has 1 aromatic carbocycles. The highest BCUT2D eigenvalue weighted by atomic mass is 16.1. The number of aryl methyl sites for hydroxylation is 1. The normalized spacial score (nSPS) is 9.20. The van der Waals surface area contributed by atoms with Gasteiger partial charge in [-0.3, -0.25) is 4.79 Å². The maximum Gasteiger partial charge on any atom is 0.165 e. The average molecular weight is 201 g/mol. The molecule has 0 heterocycles. The zero-order valence-electron chi connectivity index (χ0n) is 9.13. The highest BCUT2D eigenvalue weighted by molar-refractivity contribution is 6.01. The summed E-state index contributed by atoms with van der Waals surface area (Å²) in [6.45, 7) is 3.72. The number of benzene rings is 1. The third kappa shape index (κ3) is 3.14. The Labute approximate surface area is 90.5 Å². The van der Waals surface area contributed by atoms with E-state index in [-0.39, 0.29) is 5.78 Å². The third-order valence-corrected chi connectivity index (χ3v) is 2.16. The van der Waals surface area contributed by atoms with Crippen molar-refractivity contribution in [2.45, 2.75) is 26.7 Å². The Bertz CT molecular complexity index is 424. The van der Waals surface area contributed by atoms with Crippen LogP contribution in [0.4, 0.5) is 5.69 Å². The summed E-state index contributed by atoms with van der Waals surface area (Å²) in [4.78, 5) is 11.7. The number of carbonyl (C=O) groups is 1. The predicted molar refractivity (Wildman–Crippen MR) is 62.6 cm³/mol. The minimum absolute atomic E-state index is 0.0685. The molecule has 0 spiro atoms. The smallest absolute Gasteiger partial charge is 0.165 e. The zero-order chi connectivity index (χ0) is 11.3. The first-order valence-electron chi connectivity index (χ1n) is 4.94. The number of hydrogen-bond donors (Lipinski definition) is 1. The second-order valence-electron chi connectivity index (χ2n) is 3.44. The number of nitrogens with two attached hydrogens (primary N) is 1. The van der Waals surface area contributed by atoms with Crippen molar-refractivity contribution in [3.8, 4) is 11.8 Å². The van der Waals surface area contributed by atoms with Crippen LogP contribution >= 0.6 is 0 Å².